The molecule has 0 aromatic carbocycles. The number of rotatable bonds is 5. The number of carbonyl (C=O) groups excluding carboxylic acids is 1. The topological polar surface area (TPSA) is 74.3 Å². The van der Waals surface area contributed by atoms with Gasteiger partial charge in [-0.1, -0.05) is 0 Å². The SMILES string of the molecule is O=C(CN1CCN(c2ncccn2)CC1)N1CCCOC(CN2CCOCC2)C1. The standard InChI is InChI=1S/C20H32N6O3/c27-19(17-23-6-8-25(9-7-23)20-21-3-1-4-22-20)26-5-2-12-29-18(16-26)15-24-10-13-28-14-11-24/h1,3-4,18H,2,5-17H2. The quantitative estimate of drug-likeness (QED) is 0.653. The molecular formula is C20H32N6O3. The number of morpholine rings is 1. The van der Waals surface area contributed by atoms with Crippen LogP contribution < -0.4 is 4.90 Å². The van der Waals surface area contributed by atoms with Gasteiger partial charge in [0, 0.05) is 77.9 Å². The molecule has 4 heterocycles. The summed E-state index contributed by atoms with van der Waals surface area (Å²) in [5, 5.41) is 0. The van der Waals surface area contributed by atoms with Gasteiger partial charge in [0.1, 0.15) is 0 Å². The molecule has 1 amide bonds. The maximum Gasteiger partial charge on any atom is 0.236 e. The molecule has 9 heteroatoms. The number of hydrogen-bond acceptors (Lipinski definition) is 8. The van der Waals surface area contributed by atoms with E-state index in [9.17, 15) is 4.79 Å². The molecule has 0 bridgehead atoms. The number of piperazine rings is 1. The Labute approximate surface area is 172 Å². The van der Waals surface area contributed by atoms with E-state index < -0.39 is 0 Å². The fourth-order valence-electron chi connectivity index (χ4n) is 4.16. The van der Waals surface area contributed by atoms with Gasteiger partial charge in [-0.15, -0.1) is 0 Å². The first kappa shape index (κ1) is 20.5. The Morgan fingerprint density at radius 1 is 0.966 bits per heavy atom. The first-order chi connectivity index (χ1) is 14.3. The number of nitrogens with zero attached hydrogens (tertiary/aromatic N) is 6. The third-order valence-corrected chi connectivity index (χ3v) is 5.83. The minimum absolute atomic E-state index is 0.0895. The monoisotopic (exact) mass is 404 g/mol. The fourth-order valence-corrected chi connectivity index (χ4v) is 4.16. The maximum absolute atomic E-state index is 13.0. The van der Waals surface area contributed by atoms with Crippen molar-refractivity contribution in [2.75, 3.05) is 90.2 Å². The predicted octanol–water partition coefficient (Wildman–Crippen LogP) is -0.452. The van der Waals surface area contributed by atoms with E-state index in [1.807, 2.05) is 11.0 Å². The average Bonchev–Trinajstić information content (AvgIpc) is 3.01. The molecule has 3 aliphatic heterocycles. The predicted molar refractivity (Wildman–Crippen MR) is 109 cm³/mol. The highest BCUT2D eigenvalue weighted by atomic mass is 16.5. The second-order valence-corrected chi connectivity index (χ2v) is 7.91. The van der Waals surface area contributed by atoms with Gasteiger partial charge in [-0.25, -0.2) is 9.97 Å². The van der Waals surface area contributed by atoms with Gasteiger partial charge in [-0.3, -0.25) is 14.6 Å². The van der Waals surface area contributed by atoms with Gasteiger partial charge >= 0.3 is 0 Å². The Morgan fingerprint density at radius 3 is 2.48 bits per heavy atom. The second-order valence-electron chi connectivity index (χ2n) is 7.91. The van der Waals surface area contributed by atoms with E-state index in [0.717, 1.165) is 84.5 Å². The minimum Gasteiger partial charge on any atom is -0.379 e. The lowest BCUT2D eigenvalue weighted by atomic mass is 10.2. The Kier molecular flexibility index (Phi) is 7.26. The molecule has 0 aliphatic carbocycles. The lowest BCUT2D eigenvalue weighted by Crippen LogP contribution is -2.51. The summed E-state index contributed by atoms with van der Waals surface area (Å²) in [7, 11) is 0. The molecule has 3 fully saturated rings. The lowest BCUT2D eigenvalue weighted by molar-refractivity contribution is -0.133. The van der Waals surface area contributed by atoms with Crippen LogP contribution in [0.5, 0.6) is 0 Å². The van der Waals surface area contributed by atoms with Gasteiger partial charge in [0.15, 0.2) is 0 Å². The largest absolute Gasteiger partial charge is 0.379 e. The molecule has 3 aliphatic rings. The molecule has 0 saturated carbocycles. The number of ether oxygens (including phenoxy) is 2. The highest BCUT2D eigenvalue weighted by Gasteiger charge is 2.27. The molecule has 1 aromatic rings. The molecule has 1 unspecified atom stereocenters. The van der Waals surface area contributed by atoms with E-state index in [1.54, 1.807) is 12.4 Å². The Hall–Kier alpha value is -1.81. The van der Waals surface area contributed by atoms with Crippen molar-refractivity contribution in [3.05, 3.63) is 18.5 Å². The van der Waals surface area contributed by atoms with Crippen LogP contribution in [0.3, 0.4) is 0 Å². The highest BCUT2D eigenvalue weighted by Crippen LogP contribution is 2.12. The van der Waals surface area contributed by atoms with Crippen LogP contribution in [0.4, 0.5) is 5.95 Å². The van der Waals surface area contributed by atoms with Crippen LogP contribution >= 0.6 is 0 Å². The van der Waals surface area contributed by atoms with Crippen LogP contribution in [0.2, 0.25) is 0 Å². The van der Waals surface area contributed by atoms with Gasteiger partial charge in [0.2, 0.25) is 11.9 Å². The Morgan fingerprint density at radius 2 is 1.72 bits per heavy atom. The average molecular weight is 405 g/mol. The number of amides is 1. The molecule has 3 saturated heterocycles. The van der Waals surface area contributed by atoms with E-state index in [1.165, 1.54) is 0 Å². The third-order valence-electron chi connectivity index (χ3n) is 5.83. The summed E-state index contributed by atoms with van der Waals surface area (Å²) in [5.41, 5.74) is 0. The van der Waals surface area contributed by atoms with E-state index in [-0.39, 0.29) is 12.0 Å². The zero-order valence-corrected chi connectivity index (χ0v) is 17.1. The molecular weight excluding hydrogens is 372 g/mol. The normalized spacial score (nSPS) is 25.0. The number of hydrogen-bond donors (Lipinski definition) is 0. The highest BCUT2D eigenvalue weighted by molar-refractivity contribution is 5.78. The van der Waals surface area contributed by atoms with Crippen molar-refractivity contribution >= 4 is 11.9 Å². The third kappa shape index (κ3) is 5.85. The van der Waals surface area contributed by atoms with E-state index >= 15 is 0 Å². The van der Waals surface area contributed by atoms with Crippen LogP contribution in [0, 0.1) is 0 Å². The number of anilines is 1. The van der Waals surface area contributed by atoms with Crippen LogP contribution in [0.15, 0.2) is 18.5 Å². The van der Waals surface area contributed by atoms with Crippen LogP contribution in [0.25, 0.3) is 0 Å². The van der Waals surface area contributed by atoms with Gasteiger partial charge in [0.05, 0.1) is 25.9 Å². The van der Waals surface area contributed by atoms with Crippen LogP contribution in [0.1, 0.15) is 6.42 Å². The summed E-state index contributed by atoms with van der Waals surface area (Å²) >= 11 is 0. The van der Waals surface area contributed by atoms with Gasteiger partial charge < -0.3 is 19.3 Å². The van der Waals surface area contributed by atoms with E-state index in [4.69, 9.17) is 9.47 Å². The summed E-state index contributed by atoms with van der Waals surface area (Å²) in [4.78, 5) is 30.4. The second kappa shape index (κ2) is 10.3. The van der Waals surface area contributed by atoms with Gasteiger partial charge in [0.25, 0.3) is 0 Å². The molecule has 0 spiro atoms. The zero-order chi connectivity index (χ0) is 19.9. The van der Waals surface area contributed by atoms with E-state index in [0.29, 0.717) is 13.1 Å². The molecule has 1 aromatic heterocycles. The minimum atomic E-state index is 0.0895. The van der Waals surface area contributed by atoms with Crippen molar-refractivity contribution in [2.45, 2.75) is 12.5 Å². The van der Waals surface area contributed by atoms with Crippen molar-refractivity contribution in [3.8, 4) is 0 Å². The van der Waals surface area contributed by atoms with Crippen LogP contribution in [-0.4, -0.2) is 122 Å². The first-order valence-corrected chi connectivity index (χ1v) is 10.7. The zero-order valence-electron chi connectivity index (χ0n) is 17.1. The summed E-state index contributed by atoms with van der Waals surface area (Å²) < 4.78 is 11.5. The van der Waals surface area contributed by atoms with Gasteiger partial charge in [-0.2, -0.15) is 0 Å². The van der Waals surface area contributed by atoms with E-state index in [2.05, 4.69) is 24.7 Å². The molecule has 4 rings (SSSR count). The molecule has 160 valence electrons. The Bertz CT molecular complexity index is 634. The van der Waals surface area contributed by atoms with Crippen molar-refractivity contribution in [2.24, 2.45) is 0 Å². The summed E-state index contributed by atoms with van der Waals surface area (Å²) in [6, 6.07) is 1.83. The molecule has 0 N–H and O–H groups in total. The van der Waals surface area contributed by atoms with Crippen molar-refractivity contribution in [1.82, 2.24) is 24.7 Å². The lowest BCUT2D eigenvalue weighted by Gasteiger charge is -2.35. The maximum atomic E-state index is 13.0. The number of aromatic nitrogens is 2. The number of carbonyl (C=O) groups is 1. The summed E-state index contributed by atoms with van der Waals surface area (Å²) in [6.45, 7) is 10.4. The van der Waals surface area contributed by atoms with Gasteiger partial charge in [-0.05, 0) is 12.5 Å². The molecule has 29 heavy (non-hydrogen) atoms. The first-order valence-electron chi connectivity index (χ1n) is 10.7. The smallest absolute Gasteiger partial charge is 0.236 e. The van der Waals surface area contributed by atoms with Crippen molar-refractivity contribution in [1.29, 1.82) is 0 Å². The summed E-state index contributed by atoms with van der Waals surface area (Å²) in [5.74, 6) is 0.987. The Balaban J connectivity index is 1.24. The molecule has 9 nitrogen and oxygen atoms in total. The molecule has 0 radical (unpaired) electrons. The van der Waals surface area contributed by atoms with Crippen LogP contribution in [-0.2, 0) is 14.3 Å². The van der Waals surface area contributed by atoms with Crippen molar-refractivity contribution in [3.63, 3.8) is 0 Å². The molecule has 1 atom stereocenters. The fraction of sp³-hybridized carbons (Fsp3) is 0.750. The summed E-state index contributed by atoms with van der Waals surface area (Å²) in [6.07, 6.45) is 4.54. The van der Waals surface area contributed by atoms with Crippen molar-refractivity contribution < 1.29 is 14.3 Å².